The summed E-state index contributed by atoms with van der Waals surface area (Å²) in [6.45, 7) is 15.3. The van der Waals surface area contributed by atoms with E-state index in [-0.39, 0.29) is 5.41 Å². The van der Waals surface area contributed by atoms with E-state index in [0.29, 0.717) is 5.41 Å². The van der Waals surface area contributed by atoms with Gasteiger partial charge in [0.1, 0.15) is 0 Å². The molecule has 142 valence electrons. The third kappa shape index (κ3) is 5.36. The van der Waals surface area contributed by atoms with Crippen LogP contribution in [0.4, 0.5) is 0 Å². The van der Waals surface area contributed by atoms with E-state index >= 15 is 0 Å². The van der Waals surface area contributed by atoms with Crippen molar-refractivity contribution in [2.45, 2.75) is 73.1 Å². The van der Waals surface area contributed by atoms with Crippen LogP contribution in [0.5, 0.6) is 0 Å². The molecule has 0 amide bonds. The molecule has 0 bridgehead atoms. The largest absolute Gasteiger partial charge is 0.121 e. The Morgan fingerprint density at radius 1 is 0.923 bits per heavy atom. The lowest BCUT2D eigenvalue weighted by atomic mass is 9.55. The quantitative estimate of drug-likeness (QED) is 0.473. The normalized spacial score (nSPS) is 25.8. The maximum Gasteiger partial charge on any atom is 0.0210 e. The molecule has 1 saturated carbocycles. The molecule has 2 atom stereocenters. The molecule has 1 aromatic carbocycles. The van der Waals surface area contributed by atoms with Crippen LogP contribution in [0.3, 0.4) is 0 Å². The van der Waals surface area contributed by atoms with Crippen LogP contribution in [-0.2, 0) is 5.41 Å². The molecule has 0 aromatic heterocycles. The fourth-order valence-electron chi connectivity index (χ4n) is 4.71. The molecule has 0 radical (unpaired) electrons. The molecule has 0 spiro atoms. The van der Waals surface area contributed by atoms with Gasteiger partial charge in [0.05, 0.1) is 0 Å². The average molecular weight is 351 g/mol. The minimum atomic E-state index is 0.120. The number of benzene rings is 1. The van der Waals surface area contributed by atoms with Crippen LogP contribution in [-0.4, -0.2) is 0 Å². The van der Waals surface area contributed by atoms with Crippen LogP contribution < -0.4 is 0 Å². The first-order valence-electron chi connectivity index (χ1n) is 10.4. The van der Waals surface area contributed by atoms with Crippen molar-refractivity contribution in [2.24, 2.45) is 11.3 Å². The van der Waals surface area contributed by atoms with Crippen molar-refractivity contribution >= 4 is 0 Å². The van der Waals surface area contributed by atoms with E-state index in [4.69, 9.17) is 0 Å². The summed E-state index contributed by atoms with van der Waals surface area (Å²) in [5, 5.41) is 0. The lowest BCUT2D eigenvalue weighted by Crippen LogP contribution is -2.41. The molecular weight excluding hydrogens is 312 g/mol. The Labute approximate surface area is 162 Å². The molecule has 0 aliphatic heterocycles. The summed E-state index contributed by atoms with van der Waals surface area (Å²) in [5.74, 6) is 0.735. The molecule has 2 aliphatic carbocycles. The lowest BCUT2D eigenvalue weighted by Gasteiger charge is -2.49. The Bertz CT molecular complexity index is 651. The van der Waals surface area contributed by atoms with Crippen LogP contribution >= 0.6 is 0 Å². The first-order valence-corrected chi connectivity index (χ1v) is 10.4. The summed E-state index contributed by atoms with van der Waals surface area (Å²) in [6.07, 6.45) is 14.5. The predicted molar refractivity (Wildman–Crippen MR) is 117 cm³/mol. The zero-order valence-corrected chi connectivity index (χ0v) is 18.0. The summed E-state index contributed by atoms with van der Waals surface area (Å²) >= 11 is 0. The fourth-order valence-corrected chi connectivity index (χ4v) is 4.71. The Kier molecular flexibility index (Phi) is 8.89. The van der Waals surface area contributed by atoms with Crippen molar-refractivity contribution in [1.29, 1.82) is 0 Å². The zero-order valence-electron chi connectivity index (χ0n) is 18.0. The van der Waals surface area contributed by atoms with Gasteiger partial charge in [-0.1, -0.05) is 97.0 Å². The number of allylic oxidation sites excluding steroid dienone is 5. The Hall–Kier alpha value is -1.78. The second-order valence-electron chi connectivity index (χ2n) is 7.78. The number of hydrogen-bond donors (Lipinski definition) is 0. The highest BCUT2D eigenvalue weighted by molar-refractivity contribution is 5.46. The molecule has 0 heteroatoms. The van der Waals surface area contributed by atoms with E-state index in [9.17, 15) is 0 Å². The van der Waals surface area contributed by atoms with Gasteiger partial charge >= 0.3 is 0 Å². The van der Waals surface area contributed by atoms with Gasteiger partial charge in [0, 0.05) is 5.41 Å². The lowest BCUT2D eigenvalue weighted by molar-refractivity contribution is 0.126. The van der Waals surface area contributed by atoms with E-state index in [1.807, 2.05) is 33.8 Å². The molecule has 26 heavy (non-hydrogen) atoms. The van der Waals surface area contributed by atoms with Crippen LogP contribution in [0.15, 0.2) is 72.0 Å². The topological polar surface area (TPSA) is 0 Å². The third-order valence-corrected chi connectivity index (χ3v) is 5.08. The molecule has 3 rings (SSSR count). The molecule has 2 aliphatic rings. The summed E-state index contributed by atoms with van der Waals surface area (Å²) in [7, 11) is 0. The molecular formula is C26H38. The first kappa shape index (κ1) is 22.3. The predicted octanol–water partition coefficient (Wildman–Crippen LogP) is 8.03. The van der Waals surface area contributed by atoms with Crippen LogP contribution in [0, 0.1) is 11.3 Å². The molecule has 0 N–H and O–H groups in total. The van der Waals surface area contributed by atoms with Gasteiger partial charge in [-0.25, -0.2) is 0 Å². The van der Waals surface area contributed by atoms with Crippen molar-refractivity contribution in [3.05, 3.63) is 77.6 Å². The molecule has 1 aromatic rings. The van der Waals surface area contributed by atoms with E-state index in [0.717, 1.165) is 5.92 Å². The Morgan fingerprint density at radius 3 is 2.19 bits per heavy atom. The van der Waals surface area contributed by atoms with Gasteiger partial charge in [-0.15, -0.1) is 5.73 Å². The van der Waals surface area contributed by atoms with Crippen molar-refractivity contribution in [3.8, 4) is 0 Å². The number of hydrogen-bond acceptors (Lipinski definition) is 0. The second-order valence-corrected chi connectivity index (χ2v) is 7.78. The molecule has 0 nitrogen and oxygen atoms in total. The monoisotopic (exact) mass is 350 g/mol. The van der Waals surface area contributed by atoms with Crippen molar-refractivity contribution < 1.29 is 0 Å². The first-order chi connectivity index (χ1) is 12.5. The maximum atomic E-state index is 3.20. The van der Waals surface area contributed by atoms with Gasteiger partial charge in [-0.3, -0.25) is 0 Å². The Balaban J connectivity index is 0.000000791. The highest BCUT2D eigenvalue weighted by Gasteiger charge is 2.45. The van der Waals surface area contributed by atoms with Crippen molar-refractivity contribution in [1.82, 2.24) is 0 Å². The van der Waals surface area contributed by atoms with Crippen LogP contribution in [0.25, 0.3) is 0 Å². The van der Waals surface area contributed by atoms with Crippen molar-refractivity contribution in [3.63, 3.8) is 0 Å². The summed E-state index contributed by atoms with van der Waals surface area (Å²) in [4.78, 5) is 0. The minimum Gasteiger partial charge on any atom is -0.121 e. The SMILES string of the molecule is CC.CC.CC1CC(C)(C)CC(C2=CC=C=CC=C2)(c2ccccc2)C1. The standard InChI is InChI=1S/C22H26.2C2H6/c1-18-15-21(2,3)17-22(16-18,20-13-9-6-10-14-20)19-11-7-4-5-8-12-19;2*1-2/h4,6-14,18H,15-17H2,1-3H3;2*1-2H3. The molecule has 2 unspecified atom stereocenters. The molecule has 1 fully saturated rings. The number of rotatable bonds is 2. The molecule has 0 saturated heterocycles. The van der Waals surface area contributed by atoms with E-state index < -0.39 is 0 Å². The fraction of sp³-hybridized carbons (Fsp3) is 0.500. The summed E-state index contributed by atoms with van der Waals surface area (Å²) < 4.78 is 0. The van der Waals surface area contributed by atoms with Crippen LogP contribution in [0.1, 0.15) is 73.3 Å². The third-order valence-electron chi connectivity index (χ3n) is 5.08. The van der Waals surface area contributed by atoms with Crippen molar-refractivity contribution in [2.75, 3.05) is 0 Å². The van der Waals surface area contributed by atoms with Gasteiger partial charge in [0.15, 0.2) is 0 Å². The van der Waals surface area contributed by atoms with Gasteiger partial charge in [0.25, 0.3) is 0 Å². The van der Waals surface area contributed by atoms with Gasteiger partial charge in [-0.2, -0.15) is 0 Å². The van der Waals surface area contributed by atoms with E-state index in [1.165, 1.54) is 30.4 Å². The second kappa shape index (κ2) is 10.4. The summed E-state index contributed by atoms with van der Waals surface area (Å²) in [6, 6.07) is 11.1. The maximum absolute atomic E-state index is 3.20. The van der Waals surface area contributed by atoms with Crippen LogP contribution in [0.2, 0.25) is 0 Å². The summed E-state index contributed by atoms with van der Waals surface area (Å²) in [5.41, 5.74) is 6.58. The van der Waals surface area contributed by atoms with E-state index in [2.05, 4.69) is 81.1 Å². The highest BCUT2D eigenvalue weighted by atomic mass is 14.5. The minimum absolute atomic E-state index is 0.120. The van der Waals surface area contributed by atoms with Gasteiger partial charge in [0.2, 0.25) is 0 Å². The smallest absolute Gasteiger partial charge is 0.0210 e. The van der Waals surface area contributed by atoms with Gasteiger partial charge < -0.3 is 0 Å². The highest BCUT2D eigenvalue weighted by Crippen LogP contribution is 2.54. The van der Waals surface area contributed by atoms with E-state index in [1.54, 1.807) is 0 Å². The van der Waals surface area contributed by atoms with Gasteiger partial charge in [-0.05, 0) is 53.9 Å². The Morgan fingerprint density at radius 2 is 1.58 bits per heavy atom. The average Bonchev–Trinajstić information content (AvgIpc) is 2.94. The molecule has 0 heterocycles. The zero-order chi connectivity index (χ0) is 19.6.